The van der Waals surface area contributed by atoms with Crippen LogP contribution in [0.15, 0.2) is 29.3 Å². The van der Waals surface area contributed by atoms with Gasteiger partial charge in [0.05, 0.1) is 4.92 Å². The van der Waals surface area contributed by atoms with Crippen LogP contribution in [0.1, 0.15) is 52.0 Å². The second-order valence-corrected chi connectivity index (χ2v) is 9.62. The molecular weight excluding hydrogens is 537 g/mol. The number of guanidine groups is 1. The fraction of sp³-hybridized carbons (Fsp3) is 0.652. The van der Waals surface area contributed by atoms with Crippen LogP contribution in [0.25, 0.3) is 0 Å². The molecule has 1 amide bonds. The van der Waals surface area contributed by atoms with E-state index in [1.165, 1.54) is 18.9 Å². The molecule has 33 heavy (non-hydrogen) atoms. The van der Waals surface area contributed by atoms with Gasteiger partial charge in [-0.2, -0.15) is 0 Å². The number of halogens is 1. The van der Waals surface area contributed by atoms with Crippen LogP contribution in [0.2, 0.25) is 0 Å². The van der Waals surface area contributed by atoms with E-state index in [-0.39, 0.29) is 46.7 Å². The van der Waals surface area contributed by atoms with E-state index in [1.54, 1.807) is 19.2 Å². The number of rotatable bonds is 6. The summed E-state index contributed by atoms with van der Waals surface area (Å²) in [6, 6.07) is 6.77. The Kier molecular flexibility index (Phi) is 9.74. The van der Waals surface area contributed by atoms with Gasteiger partial charge < -0.3 is 19.9 Å². The number of benzene rings is 1. The lowest BCUT2D eigenvalue weighted by Crippen LogP contribution is -2.52. The van der Waals surface area contributed by atoms with Crippen molar-refractivity contribution < 1.29 is 14.5 Å². The van der Waals surface area contributed by atoms with Gasteiger partial charge >= 0.3 is 6.09 Å². The van der Waals surface area contributed by atoms with E-state index in [1.807, 2.05) is 31.7 Å². The lowest BCUT2D eigenvalue weighted by molar-refractivity contribution is -0.384. The lowest BCUT2D eigenvalue weighted by atomic mass is 10.0. The first-order valence-corrected chi connectivity index (χ1v) is 11.3. The van der Waals surface area contributed by atoms with E-state index in [0.717, 1.165) is 44.0 Å². The molecule has 1 saturated heterocycles. The van der Waals surface area contributed by atoms with Gasteiger partial charge in [0.1, 0.15) is 5.60 Å². The first-order chi connectivity index (χ1) is 15.2. The molecule has 0 atom stereocenters. The molecule has 1 heterocycles. The molecule has 10 heteroatoms. The number of nitrogens with zero attached hydrogens (tertiary/aromatic N) is 4. The van der Waals surface area contributed by atoms with Gasteiger partial charge in [-0.1, -0.05) is 12.1 Å². The van der Waals surface area contributed by atoms with Crippen LogP contribution in [0.4, 0.5) is 10.5 Å². The van der Waals surface area contributed by atoms with Gasteiger partial charge in [0.25, 0.3) is 5.69 Å². The molecule has 0 spiro atoms. The Morgan fingerprint density at radius 3 is 2.48 bits per heavy atom. The molecule has 1 aromatic carbocycles. The molecule has 1 N–H and O–H groups in total. The van der Waals surface area contributed by atoms with Crippen molar-refractivity contribution in [3.05, 3.63) is 39.9 Å². The van der Waals surface area contributed by atoms with E-state index < -0.39 is 5.60 Å². The number of aliphatic imine (C=N–C) groups is 1. The number of ether oxygens (including phenoxy) is 1. The molecule has 1 saturated carbocycles. The minimum absolute atomic E-state index is 0. The first-order valence-electron chi connectivity index (χ1n) is 11.3. The molecular formula is C23H36IN5O4. The number of non-ortho nitro benzene ring substituents is 1. The Bertz CT molecular complexity index is 845. The minimum Gasteiger partial charge on any atom is -0.444 e. The maximum atomic E-state index is 12.8. The van der Waals surface area contributed by atoms with E-state index in [4.69, 9.17) is 4.74 Å². The summed E-state index contributed by atoms with van der Waals surface area (Å²) in [5, 5.41) is 14.3. The minimum atomic E-state index is -0.502. The normalized spacial score (nSPS) is 17.2. The van der Waals surface area contributed by atoms with Crippen molar-refractivity contribution in [3.63, 3.8) is 0 Å². The van der Waals surface area contributed by atoms with Crippen LogP contribution in [-0.2, 0) is 11.3 Å². The summed E-state index contributed by atoms with van der Waals surface area (Å²) in [5.41, 5.74) is 0.409. The number of nitro groups is 1. The van der Waals surface area contributed by atoms with E-state index in [9.17, 15) is 14.9 Å². The molecule has 0 unspecified atom stereocenters. The zero-order chi connectivity index (χ0) is 23.3. The van der Waals surface area contributed by atoms with Crippen LogP contribution in [0.3, 0.4) is 0 Å². The molecule has 0 aromatic heterocycles. The number of amides is 1. The quantitative estimate of drug-likeness (QED) is 0.178. The largest absolute Gasteiger partial charge is 0.444 e. The number of likely N-dealkylation sites (tertiary alicyclic amines) is 1. The number of piperidine rings is 1. The fourth-order valence-electron chi connectivity index (χ4n) is 3.95. The van der Waals surface area contributed by atoms with Gasteiger partial charge in [-0.3, -0.25) is 15.1 Å². The standard InChI is InChI=1S/C23H35N5O4.HI/c1-23(2,3)32-22(29)27(16-17-8-9-17)19-10-12-26(13-11-19)21(24-4)25-15-18-6-5-7-20(14-18)28(30)31;/h5-7,14,17,19H,8-13,15-16H2,1-4H3,(H,24,25);1H. The third kappa shape index (κ3) is 8.31. The summed E-state index contributed by atoms with van der Waals surface area (Å²) in [6.07, 6.45) is 3.86. The molecule has 2 fully saturated rings. The summed E-state index contributed by atoms with van der Waals surface area (Å²) >= 11 is 0. The predicted molar refractivity (Wildman–Crippen MR) is 139 cm³/mol. The summed E-state index contributed by atoms with van der Waals surface area (Å²) in [6.45, 7) is 8.51. The molecule has 3 rings (SSSR count). The van der Waals surface area contributed by atoms with Crippen LogP contribution < -0.4 is 5.32 Å². The smallest absolute Gasteiger partial charge is 0.410 e. The Labute approximate surface area is 213 Å². The van der Waals surface area contributed by atoms with Crippen molar-refractivity contribution in [1.29, 1.82) is 0 Å². The zero-order valence-electron chi connectivity index (χ0n) is 20.0. The van der Waals surface area contributed by atoms with Gasteiger partial charge in [-0.15, -0.1) is 24.0 Å². The zero-order valence-corrected chi connectivity index (χ0v) is 22.3. The Hall–Kier alpha value is -2.11. The van der Waals surface area contributed by atoms with E-state index in [2.05, 4.69) is 15.2 Å². The highest BCUT2D eigenvalue weighted by Gasteiger charge is 2.35. The average molecular weight is 573 g/mol. The number of carbonyl (C=O) groups excluding carboxylic acids is 1. The number of hydrogen-bond donors (Lipinski definition) is 1. The summed E-state index contributed by atoms with van der Waals surface area (Å²) < 4.78 is 5.68. The molecule has 0 radical (unpaired) electrons. The fourth-order valence-corrected chi connectivity index (χ4v) is 3.95. The lowest BCUT2D eigenvalue weighted by Gasteiger charge is -2.40. The monoisotopic (exact) mass is 573 g/mol. The van der Waals surface area contributed by atoms with Crippen molar-refractivity contribution in [2.24, 2.45) is 10.9 Å². The summed E-state index contributed by atoms with van der Waals surface area (Å²) in [5.74, 6) is 1.37. The SMILES string of the molecule is CN=C(NCc1cccc([N+](=O)[O-])c1)N1CCC(N(CC2CC2)C(=O)OC(C)(C)C)CC1.I. The first kappa shape index (κ1) is 27.1. The number of hydrogen-bond acceptors (Lipinski definition) is 5. The van der Waals surface area contributed by atoms with Gasteiger partial charge in [-0.05, 0) is 57.9 Å². The molecule has 184 valence electrons. The van der Waals surface area contributed by atoms with Crippen LogP contribution in [-0.4, -0.2) is 65.1 Å². The summed E-state index contributed by atoms with van der Waals surface area (Å²) in [4.78, 5) is 31.9. The number of nitrogens with one attached hydrogen (secondary N) is 1. The van der Waals surface area contributed by atoms with Crippen molar-refractivity contribution in [2.75, 3.05) is 26.7 Å². The highest BCUT2D eigenvalue weighted by molar-refractivity contribution is 14.0. The topological polar surface area (TPSA) is 100 Å². The van der Waals surface area contributed by atoms with E-state index >= 15 is 0 Å². The van der Waals surface area contributed by atoms with Crippen molar-refractivity contribution in [3.8, 4) is 0 Å². The maximum absolute atomic E-state index is 12.8. The van der Waals surface area contributed by atoms with Crippen molar-refractivity contribution >= 4 is 41.7 Å². The third-order valence-electron chi connectivity index (χ3n) is 5.77. The molecule has 1 aliphatic carbocycles. The second-order valence-electron chi connectivity index (χ2n) is 9.62. The number of nitro benzene ring substituents is 1. The van der Waals surface area contributed by atoms with Crippen molar-refractivity contribution in [2.45, 2.75) is 64.6 Å². The Balaban J connectivity index is 0.00000385. The van der Waals surface area contributed by atoms with Crippen LogP contribution >= 0.6 is 24.0 Å². The predicted octanol–water partition coefficient (Wildman–Crippen LogP) is 4.40. The summed E-state index contributed by atoms with van der Waals surface area (Å²) in [7, 11) is 1.74. The highest BCUT2D eigenvalue weighted by atomic mass is 127. The third-order valence-corrected chi connectivity index (χ3v) is 5.77. The van der Waals surface area contributed by atoms with Crippen LogP contribution in [0.5, 0.6) is 0 Å². The van der Waals surface area contributed by atoms with E-state index in [0.29, 0.717) is 12.5 Å². The van der Waals surface area contributed by atoms with Gasteiger partial charge in [0.2, 0.25) is 0 Å². The maximum Gasteiger partial charge on any atom is 0.410 e. The second kappa shape index (κ2) is 11.8. The van der Waals surface area contributed by atoms with Crippen LogP contribution in [0, 0.1) is 16.0 Å². The number of carbonyl (C=O) groups is 1. The Morgan fingerprint density at radius 1 is 1.27 bits per heavy atom. The Morgan fingerprint density at radius 2 is 1.94 bits per heavy atom. The van der Waals surface area contributed by atoms with Gasteiger partial charge in [0.15, 0.2) is 5.96 Å². The highest BCUT2D eigenvalue weighted by Crippen LogP contribution is 2.32. The molecule has 9 nitrogen and oxygen atoms in total. The molecule has 2 aliphatic rings. The molecule has 1 aromatic rings. The van der Waals surface area contributed by atoms with Crippen molar-refractivity contribution in [1.82, 2.24) is 15.1 Å². The van der Waals surface area contributed by atoms with Gasteiger partial charge in [0, 0.05) is 51.4 Å². The molecule has 0 bridgehead atoms. The van der Waals surface area contributed by atoms with Gasteiger partial charge in [-0.25, -0.2) is 4.79 Å². The molecule has 1 aliphatic heterocycles. The average Bonchev–Trinajstić information content (AvgIpc) is 3.56.